The van der Waals surface area contributed by atoms with Crippen molar-refractivity contribution in [2.75, 3.05) is 16.4 Å². The third-order valence-corrected chi connectivity index (χ3v) is 5.97. The molecule has 0 bridgehead atoms. The number of amides is 2. The van der Waals surface area contributed by atoms with Crippen LogP contribution in [0.3, 0.4) is 0 Å². The van der Waals surface area contributed by atoms with Crippen molar-refractivity contribution in [1.29, 1.82) is 0 Å². The van der Waals surface area contributed by atoms with Crippen LogP contribution in [-0.4, -0.2) is 17.6 Å². The summed E-state index contributed by atoms with van der Waals surface area (Å²) in [6.07, 6.45) is 0. The van der Waals surface area contributed by atoms with Gasteiger partial charge in [-0.25, -0.2) is 0 Å². The lowest BCUT2D eigenvalue weighted by atomic mass is 10.1. The Bertz CT molecular complexity index is 1100. The van der Waals surface area contributed by atoms with Gasteiger partial charge in [0, 0.05) is 21.3 Å². The van der Waals surface area contributed by atoms with Gasteiger partial charge in [0.1, 0.15) is 0 Å². The van der Waals surface area contributed by atoms with Crippen molar-refractivity contribution >= 4 is 58.2 Å². The largest absolute Gasteiger partial charge is 0.325 e. The predicted molar refractivity (Wildman–Crippen MR) is 126 cm³/mol. The minimum atomic E-state index is -0.327. The average Bonchev–Trinajstić information content (AvgIpc) is 2.69. The molecular formula is C23H20Cl2N2O2S. The second-order valence-electron chi connectivity index (χ2n) is 6.74. The van der Waals surface area contributed by atoms with Crippen LogP contribution < -0.4 is 10.6 Å². The first-order valence-corrected chi connectivity index (χ1v) is 10.9. The summed E-state index contributed by atoms with van der Waals surface area (Å²) < 4.78 is 0. The van der Waals surface area contributed by atoms with Crippen molar-refractivity contribution in [1.82, 2.24) is 0 Å². The van der Waals surface area contributed by atoms with Crippen LogP contribution in [0.25, 0.3) is 0 Å². The van der Waals surface area contributed by atoms with Gasteiger partial charge >= 0.3 is 0 Å². The van der Waals surface area contributed by atoms with E-state index in [-0.39, 0.29) is 22.6 Å². The molecule has 0 unspecified atom stereocenters. The van der Waals surface area contributed by atoms with E-state index in [1.807, 2.05) is 50.2 Å². The van der Waals surface area contributed by atoms with Crippen molar-refractivity contribution in [3.63, 3.8) is 0 Å². The van der Waals surface area contributed by atoms with Crippen LogP contribution in [-0.2, 0) is 4.79 Å². The van der Waals surface area contributed by atoms with E-state index in [9.17, 15) is 9.59 Å². The molecule has 0 heterocycles. The zero-order chi connectivity index (χ0) is 21.7. The zero-order valence-corrected chi connectivity index (χ0v) is 18.8. The van der Waals surface area contributed by atoms with Crippen LogP contribution in [0.15, 0.2) is 65.6 Å². The number of carbonyl (C=O) groups is 2. The van der Waals surface area contributed by atoms with Gasteiger partial charge < -0.3 is 10.6 Å². The van der Waals surface area contributed by atoms with Gasteiger partial charge in [-0.3, -0.25) is 9.59 Å². The number of halogens is 2. The Labute approximate surface area is 190 Å². The lowest BCUT2D eigenvalue weighted by molar-refractivity contribution is -0.113. The number of benzene rings is 3. The Morgan fingerprint density at radius 3 is 2.37 bits per heavy atom. The predicted octanol–water partition coefficient (Wildman–Crippen LogP) is 6.59. The summed E-state index contributed by atoms with van der Waals surface area (Å²) in [6, 6.07) is 17.9. The molecule has 0 atom stereocenters. The molecule has 0 fully saturated rings. The molecule has 0 aliphatic heterocycles. The monoisotopic (exact) mass is 458 g/mol. The van der Waals surface area contributed by atoms with E-state index in [0.29, 0.717) is 16.3 Å². The molecule has 0 aliphatic carbocycles. The second kappa shape index (κ2) is 10.0. The van der Waals surface area contributed by atoms with Crippen LogP contribution in [0.1, 0.15) is 21.5 Å². The number of carbonyl (C=O) groups excluding carboxylic acids is 2. The van der Waals surface area contributed by atoms with Gasteiger partial charge in [-0.05, 0) is 73.5 Å². The van der Waals surface area contributed by atoms with Gasteiger partial charge in [-0.15, -0.1) is 11.8 Å². The quantitative estimate of drug-likeness (QED) is 0.409. The number of rotatable bonds is 6. The van der Waals surface area contributed by atoms with Crippen molar-refractivity contribution in [2.24, 2.45) is 0 Å². The highest BCUT2D eigenvalue weighted by Gasteiger charge is 2.12. The van der Waals surface area contributed by atoms with Crippen molar-refractivity contribution in [3.8, 4) is 0 Å². The third kappa shape index (κ3) is 6.02. The van der Waals surface area contributed by atoms with E-state index < -0.39 is 0 Å². The molecule has 3 rings (SSSR count). The fourth-order valence-electron chi connectivity index (χ4n) is 2.70. The van der Waals surface area contributed by atoms with Gasteiger partial charge in [0.25, 0.3) is 5.91 Å². The molecule has 4 nitrogen and oxygen atoms in total. The van der Waals surface area contributed by atoms with Gasteiger partial charge in [0.05, 0.1) is 16.3 Å². The first-order valence-electron chi connectivity index (χ1n) is 9.18. The lowest BCUT2D eigenvalue weighted by Gasteiger charge is -2.10. The number of thioether (sulfide) groups is 1. The highest BCUT2D eigenvalue weighted by molar-refractivity contribution is 8.00. The summed E-state index contributed by atoms with van der Waals surface area (Å²) in [6.45, 7) is 4.04. The van der Waals surface area contributed by atoms with Crippen molar-refractivity contribution in [2.45, 2.75) is 18.7 Å². The minimum Gasteiger partial charge on any atom is -0.325 e. The maximum absolute atomic E-state index is 12.5. The number of hydrogen-bond acceptors (Lipinski definition) is 3. The first-order chi connectivity index (χ1) is 14.3. The zero-order valence-electron chi connectivity index (χ0n) is 16.5. The van der Waals surface area contributed by atoms with E-state index in [4.69, 9.17) is 23.2 Å². The molecule has 2 N–H and O–H groups in total. The Kier molecular flexibility index (Phi) is 7.43. The molecule has 0 spiro atoms. The van der Waals surface area contributed by atoms with Gasteiger partial charge in [0.2, 0.25) is 5.91 Å². The van der Waals surface area contributed by atoms with E-state index in [1.165, 1.54) is 23.4 Å². The van der Waals surface area contributed by atoms with E-state index >= 15 is 0 Å². The molecule has 7 heteroatoms. The molecule has 154 valence electrons. The summed E-state index contributed by atoms with van der Waals surface area (Å²) in [5, 5.41) is 6.47. The molecule has 0 saturated carbocycles. The Morgan fingerprint density at radius 1 is 0.867 bits per heavy atom. The smallest absolute Gasteiger partial charge is 0.257 e. The second-order valence-corrected chi connectivity index (χ2v) is 8.63. The van der Waals surface area contributed by atoms with Crippen LogP contribution >= 0.6 is 35.0 Å². The first kappa shape index (κ1) is 22.2. The maximum Gasteiger partial charge on any atom is 0.257 e. The molecule has 3 aromatic rings. The highest BCUT2D eigenvalue weighted by atomic mass is 35.5. The summed E-state index contributed by atoms with van der Waals surface area (Å²) in [5.74, 6) is -0.162. The fraction of sp³-hybridized carbons (Fsp3) is 0.130. The SMILES string of the molecule is Cc1ccc(NC(=O)CSc2cccc(NC(=O)c3ccc(Cl)cc3Cl)c2)cc1C. The molecule has 0 aliphatic rings. The Balaban J connectivity index is 1.59. The average molecular weight is 459 g/mol. The molecule has 0 aromatic heterocycles. The van der Waals surface area contributed by atoms with Crippen molar-refractivity contribution in [3.05, 3.63) is 87.4 Å². The summed E-state index contributed by atoms with van der Waals surface area (Å²) in [4.78, 5) is 25.6. The van der Waals surface area contributed by atoms with Crippen LogP contribution in [0.4, 0.5) is 11.4 Å². The van der Waals surface area contributed by atoms with Crippen molar-refractivity contribution < 1.29 is 9.59 Å². The highest BCUT2D eigenvalue weighted by Crippen LogP contribution is 2.25. The number of anilines is 2. The van der Waals surface area contributed by atoms with Crippen LogP contribution in [0.2, 0.25) is 10.0 Å². The molecule has 3 aromatic carbocycles. The lowest BCUT2D eigenvalue weighted by Crippen LogP contribution is -2.14. The molecular weight excluding hydrogens is 439 g/mol. The number of nitrogens with one attached hydrogen (secondary N) is 2. The normalized spacial score (nSPS) is 10.5. The Morgan fingerprint density at radius 2 is 1.63 bits per heavy atom. The molecule has 0 radical (unpaired) electrons. The molecule has 2 amide bonds. The standard InChI is InChI=1S/C23H20Cl2N2O2S/c1-14-6-8-18(10-15(14)2)26-22(28)13-30-19-5-3-4-17(12-19)27-23(29)20-9-7-16(24)11-21(20)25/h3-12H,13H2,1-2H3,(H,26,28)(H,27,29). The van der Waals surface area contributed by atoms with Gasteiger partial charge in [-0.2, -0.15) is 0 Å². The van der Waals surface area contributed by atoms with Crippen LogP contribution in [0, 0.1) is 13.8 Å². The number of aryl methyl sites for hydroxylation is 2. The fourth-order valence-corrected chi connectivity index (χ4v) is 3.95. The Hall–Kier alpha value is -2.47. The third-order valence-electron chi connectivity index (χ3n) is 4.43. The van der Waals surface area contributed by atoms with E-state index in [2.05, 4.69) is 10.6 Å². The van der Waals surface area contributed by atoms with E-state index in [0.717, 1.165) is 16.1 Å². The summed E-state index contributed by atoms with van der Waals surface area (Å²) in [7, 11) is 0. The topological polar surface area (TPSA) is 58.2 Å². The van der Waals surface area contributed by atoms with Crippen LogP contribution in [0.5, 0.6) is 0 Å². The summed E-state index contributed by atoms with van der Waals surface area (Å²) >= 11 is 13.4. The molecule has 0 saturated heterocycles. The summed E-state index contributed by atoms with van der Waals surface area (Å²) in [5.41, 5.74) is 4.05. The molecule has 30 heavy (non-hydrogen) atoms. The maximum atomic E-state index is 12.5. The number of hydrogen-bond donors (Lipinski definition) is 2. The van der Waals surface area contributed by atoms with E-state index in [1.54, 1.807) is 18.2 Å². The van der Waals surface area contributed by atoms with Gasteiger partial charge in [-0.1, -0.05) is 35.3 Å². The minimum absolute atomic E-state index is 0.0920. The van der Waals surface area contributed by atoms with Gasteiger partial charge in [0.15, 0.2) is 0 Å².